The van der Waals surface area contributed by atoms with Crippen molar-refractivity contribution < 1.29 is 69.1 Å². The lowest BCUT2D eigenvalue weighted by Gasteiger charge is -2.45. The second-order valence-corrected chi connectivity index (χ2v) is 38.5. The van der Waals surface area contributed by atoms with Gasteiger partial charge in [0, 0.05) is 18.2 Å². The maximum atomic E-state index is 15.7. The van der Waals surface area contributed by atoms with Gasteiger partial charge in [-0.3, -0.25) is 0 Å². The second kappa shape index (κ2) is 25.6. The molecular formula is C61H85F3O12Si3. The molecule has 5 rings (SSSR count). The molecule has 0 aliphatic rings. The van der Waals surface area contributed by atoms with Crippen molar-refractivity contribution in [3.05, 3.63) is 144 Å². The van der Waals surface area contributed by atoms with Crippen LogP contribution in [0.1, 0.15) is 96.8 Å². The lowest BCUT2D eigenvalue weighted by Crippen LogP contribution is -2.53. The molecule has 0 saturated carbocycles. The molecule has 0 heterocycles. The van der Waals surface area contributed by atoms with Gasteiger partial charge in [0.2, 0.25) is 6.29 Å². The highest BCUT2D eigenvalue weighted by Gasteiger charge is 2.65. The van der Waals surface area contributed by atoms with Crippen LogP contribution < -0.4 is 28.4 Å². The van der Waals surface area contributed by atoms with Crippen LogP contribution in [0.4, 0.5) is 13.2 Å². The predicted molar refractivity (Wildman–Crippen MR) is 311 cm³/mol. The maximum Gasteiger partial charge on any atom is 0.432 e. The van der Waals surface area contributed by atoms with Crippen LogP contribution in [0.2, 0.25) is 54.4 Å². The van der Waals surface area contributed by atoms with Gasteiger partial charge >= 0.3 is 12.1 Å². The van der Waals surface area contributed by atoms with E-state index in [1.165, 1.54) is 38.5 Å². The standard InChI is InChI=1S/C61H85F3O12Si3/c1-57(2,3)77(14,15)71-41-52(72-48-33-27-26-32-46(48)66-10)53(74-56(65)60(69-13,61(62,63)64)45-30-24-21-25-31-45)43-35-37-49(51(38-43)68-12)73-55(76-79(18,19)59(7,8)9)54(75-78(16,17)58(4,5)6)44-34-36-47(50(39-44)67-11)70-40-42-28-22-20-23-29-42/h20-39,52-55H,40-41H2,1-19H3/t52-,53-,54?,55?,60+/m1/s1. The van der Waals surface area contributed by atoms with Gasteiger partial charge in [0.05, 0.1) is 27.9 Å². The summed E-state index contributed by atoms with van der Waals surface area (Å²) in [5.74, 6) is 0.151. The van der Waals surface area contributed by atoms with E-state index in [9.17, 15) is 4.79 Å². The van der Waals surface area contributed by atoms with Crippen molar-refractivity contribution >= 4 is 30.9 Å². The van der Waals surface area contributed by atoms with Gasteiger partial charge in [0.1, 0.15) is 12.7 Å². The first-order chi connectivity index (χ1) is 36.7. The van der Waals surface area contributed by atoms with Gasteiger partial charge < -0.3 is 51.2 Å². The Balaban J connectivity index is 1.75. The molecule has 0 radical (unpaired) electrons. The van der Waals surface area contributed by atoms with E-state index < -0.39 is 72.9 Å². The van der Waals surface area contributed by atoms with Crippen LogP contribution in [-0.2, 0) is 39.8 Å². The van der Waals surface area contributed by atoms with E-state index in [2.05, 4.69) is 88.5 Å². The second-order valence-electron chi connectivity index (χ2n) is 24.2. The highest BCUT2D eigenvalue weighted by molar-refractivity contribution is 6.75. The van der Waals surface area contributed by atoms with E-state index in [4.69, 9.17) is 51.2 Å². The molecule has 0 aliphatic carbocycles. The lowest BCUT2D eigenvalue weighted by atomic mass is 9.92. The lowest BCUT2D eigenvalue weighted by molar-refractivity contribution is -0.279. The third-order valence-corrected chi connectivity index (χ3v) is 29.1. The Morgan fingerprint density at radius 3 is 1.47 bits per heavy atom. The van der Waals surface area contributed by atoms with E-state index in [0.717, 1.165) is 12.7 Å². The molecule has 0 saturated heterocycles. The number of carbonyl (C=O) groups is 1. The quantitative estimate of drug-likeness (QED) is 0.0314. The van der Waals surface area contributed by atoms with Gasteiger partial charge in [0.25, 0.3) is 5.60 Å². The van der Waals surface area contributed by atoms with Crippen LogP contribution in [0.15, 0.2) is 121 Å². The summed E-state index contributed by atoms with van der Waals surface area (Å²) < 4.78 is 118. The third-order valence-electron chi connectivity index (χ3n) is 15.7. The molecule has 0 aliphatic heterocycles. The van der Waals surface area contributed by atoms with Crippen LogP contribution in [0.25, 0.3) is 0 Å². The number of rotatable bonds is 25. The Morgan fingerprint density at radius 2 is 0.962 bits per heavy atom. The van der Waals surface area contributed by atoms with E-state index in [-0.39, 0.29) is 44.5 Å². The number of hydrogen-bond acceptors (Lipinski definition) is 12. The van der Waals surface area contributed by atoms with Crippen LogP contribution in [0, 0.1) is 0 Å². The van der Waals surface area contributed by atoms with Gasteiger partial charge in [-0.1, -0.05) is 147 Å². The molecule has 0 aromatic heterocycles. The molecule has 12 nitrogen and oxygen atoms in total. The molecule has 0 bridgehead atoms. The Morgan fingerprint density at radius 1 is 0.506 bits per heavy atom. The number of methoxy groups -OCH3 is 4. The number of ether oxygens (including phenoxy) is 8. The van der Waals surface area contributed by atoms with E-state index in [1.54, 1.807) is 55.6 Å². The largest absolute Gasteiger partial charge is 0.493 e. The van der Waals surface area contributed by atoms with Crippen molar-refractivity contribution in [2.45, 2.75) is 160 Å². The topological polar surface area (TPSA) is 119 Å². The molecule has 434 valence electrons. The van der Waals surface area contributed by atoms with Gasteiger partial charge in [-0.25, -0.2) is 4.79 Å². The molecule has 79 heavy (non-hydrogen) atoms. The average molecular weight is 1150 g/mol. The SMILES string of the molecule is COc1cc(C(O[Si](C)(C)C(C)(C)C)C(Oc2ccc([C@@H](OC(=O)[C@@](OC)(c3ccccc3)C(F)(F)F)[C@@H](CO[Si](C)(C)C(C)(C)C)Oc3ccccc3OC)cc2OC)O[Si](C)(C)C(C)(C)C)ccc1OCc1ccccc1. The van der Waals surface area contributed by atoms with Crippen LogP contribution in [0.3, 0.4) is 0 Å². The van der Waals surface area contributed by atoms with Crippen molar-refractivity contribution in [1.82, 2.24) is 0 Å². The summed E-state index contributed by atoms with van der Waals surface area (Å²) in [4.78, 5) is 14.8. The summed E-state index contributed by atoms with van der Waals surface area (Å²) in [6.07, 6.45) is -10.2. The minimum atomic E-state index is -5.29. The summed E-state index contributed by atoms with van der Waals surface area (Å²) >= 11 is 0. The van der Waals surface area contributed by atoms with Crippen molar-refractivity contribution in [1.29, 1.82) is 0 Å². The fourth-order valence-corrected chi connectivity index (χ4v) is 11.1. The Bertz CT molecular complexity index is 2760. The highest BCUT2D eigenvalue weighted by Crippen LogP contribution is 2.49. The highest BCUT2D eigenvalue weighted by atomic mass is 28.4. The van der Waals surface area contributed by atoms with Crippen molar-refractivity contribution in [3.8, 4) is 34.5 Å². The van der Waals surface area contributed by atoms with Crippen LogP contribution in [0.5, 0.6) is 34.5 Å². The van der Waals surface area contributed by atoms with Crippen molar-refractivity contribution in [2.75, 3.05) is 35.0 Å². The Hall–Kier alpha value is -5.35. The van der Waals surface area contributed by atoms with Crippen molar-refractivity contribution in [2.24, 2.45) is 0 Å². The van der Waals surface area contributed by atoms with Gasteiger partial charge in [-0.2, -0.15) is 13.2 Å². The van der Waals surface area contributed by atoms with E-state index >= 15 is 13.2 Å². The molecule has 0 fully saturated rings. The first-order valence-corrected chi connectivity index (χ1v) is 35.3. The molecule has 5 aromatic carbocycles. The smallest absolute Gasteiger partial charge is 0.432 e. The zero-order valence-corrected chi connectivity index (χ0v) is 52.8. The Kier molecular flexibility index (Phi) is 20.9. The van der Waals surface area contributed by atoms with E-state index in [1.807, 2.05) is 61.6 Å². The number of benzene rings is 5. The minimum Gasteiger partial charge on any atom is -0.493 e. The van der Waals surface area contributed by atoms with Gasteiger partial charge in [0.15, 0.2) is 71.7 Å². The molecule has 2 unspecified atom stereocenters. The van der Waals surface area contributed by atoms with Gasteiger partial charge in [-0.05, 0) is 102 Å². The first kappa shape index (κ1) is 64.5. The first-order valence-electron chi connectivity index (χ1n) is 26.5. The molecule has 0 spiro atoms. The van der Waals surface area contributed by atoms with Gasteiger partial charge in [-0.15, -0.1) is 0 Å². The summed E-state index contributed by atoms with van der Waals surface area (Å²) in [6, 6.07) is 33.7. The number of halogens is 3. The third kappa shape index (κ3) is 15.4. The summed E-state index contributed by atoms with van der Waals surface area (Å²) in [7, 11) is -2.73. The zero-order chi connectivity index (χ0) is 59.0. The Labute approximate surface area is 470 Å². The monoisotopic (exact) mass is 1150 g/mol. The summed E-state index contributed by atoms with van der Waals surface area (Å²) in [5, 5.41) is -0.862. The van der Waals surface area contributed by atoms with Crippen LogP contribution >= 0.6 is 0 Å². The molecule has 18 heteroatoms. The maximum absolute atomic E-state index is 15.7. The number of esters is 1. The van der Waals surface area contributed by atoms with Crippen LogP contribution in [-0.4, -0.2) is 84.5 Å². The van der Waals surface area contributed by atoms with E-state index in [0.29, 0.717) is 29.4 Å². The number of para-hydroxylation sites is 2. The molecule has 0 N–H and O–H groups in total. The molecule has 5 atom stereocenters. The molecule has 0 amide bonds. The predicted octanol–water partition coefficient (Wildman–Crippen LogP) is 15.9. The molecule has 5 aromatic rings. The average Bonchev–Trinajstić information content (AvgIpc) is 3.46. The fraction of sp³-hybridized carbons (Fsp3) is 0.492. The summed E-state index contributed by atoms with van der Waals surface area (Å²) in [5.41, 5.74) is -2.17. The number of carbonyl (C=O) groups excluding carboxylic acids is 1. The van der Waals surface area contributed by atoms with Crippen molar-refractivity contribution in [3.63, 3.8) is 0 Å². The number of hydrogen-bond donors (Lipinski definition) is 0. The normalized spacial score (nSPS) is 15.2. The summed E-state index contributed by atoms with van der Waals surface area (Å²) in [6.45, 7) is 31.7. The zero-order valence-electron chi connectivity index (χ0n) is 49.8. The fourth-order valence-electron chi connectivity index (χ4n) is 7.70. The minimum absolute atomic E-state index is 0.133. The molecular weight excluding hydrogens is 1070 g/mol. The number of alkyl halides is 3.